The SMILES string of the molecule is CCCC(NC(=O)COc1cccc(NC(=O)c2ccco2)c1)c1cccc(C(F)(F)F)c1. The molecule has 6 nitrogen and oxygen atoms in total. The molecule has 2 N–H and O–H groups in total. The Kier molecular flexibility index (Phi) is 7.76. The summed E-state index contributed by atoms with van der Waals surface area (Å²) in [7, 11) is 0. The number of anilines is 1. The molecule has 33 heavy (non-hydrogen) atoms. The third-order valence-corrected chi connectivity index (χ3v) is 4.74. The molecule has 3 rings (SSSR count). The van der Waals surface area contributed by atoms with Crippen LogP contribution in [0.25, 0.3) is 0 Å². The molecule has 0 fully saturated rings. The number of furan rings is 1. The van der Waals surface area contributed by atoms with E-state index in [9.17, 15) is 22.8 Å². The maximum absolute atomic E-state index is 13.0. The number of alkyl halides is 3. The van der Waals surface area contributed by atoms with Gasteiger partial charge in [-0.3, -0.25) is 9.59 Å². The Morgan fingerprint density at radius 2 is 1.85 bits per heavy atom. The molecule has 0 aliphatic rings. The highest BCUT2D eigenvalue weighted by molar-refractivity contribution is 6.02. The van der Waals surface area contributed by atoms with Gasteiger partial charge in [-0.05, 0) is 48.4 Å². The molecule has 2 aromatic carbocycles. The highest BCUT2D eigenvalue weighted by Gasteiger charge is 2.31. The van der Waals surface area contributed by atoms with Crippen molar-refractivity contribution in [2.45, 2.75) is 32.0 Å². The van der Waals surface area contributed by atoms with E-state index in [1.807, 2.05) is 6.92 Å². The minimum absolute atomic E-state index is 0.150. The predicted octanol–water partition coefficient (Wildman–Crippen LogP) is 5.59. The molecule has 0 saturated heterocycles. The predicted molar refractivity (Wildman–Crippen MR) is 116 cm³/mol. The molecule has 0 spiro atoms. The lowest BCUT2D eigenvalue weighted by Gasteiger charge is -2.20. The molecule has 9 heteroatoms. The van der Waals surface area contributed by atoms with Gasteiger partial charge in [-0.2, -0.15) is 13.2 Å². The molecule has 2 amide bonds. The second-order valence-electron chi connectivity index (χ2n) is 7.28. The van der Waals surface area contributed by atoms with E-state index in [1.54, 1.807) is 36.4 Å². The summed E-state index contributed by atoms with van der Waals surface area (Å²) in [5.74, 6) is -0.417. The Balaban J connectivity index is 1.60. The summed E-state index contributed by atoms with van der Waals surface area (Å²) in [6, 6.07) is 13.9. The topological polar surface area (TPSA) is 80.6 Å². The van der Waals surface area contributed by atoms with E-state index in [2.05, 4.69) is 10.6 Å². The number of rotatable bonds is 9. The van der Waals surface area contributed by atoms with Crippen molar-refractivity contribution in [1.29, 1.82) is 0 Å². The number of carbonyl (C=O) groups is 2. The lowest BCUT2D eigenvalue weighted by Crippen LogP contribution is -2.32. The van der Waals surface area contributed by atoms with Crippen molar-refractivity contribution in [2.24, 2.45) is 0 Å². The van der Waals surface area contributed by atoms with Crippen molar-refractivity contribution in [1.82, 2.24) is 5.32 Å². The summed E-state index contributed by atoms with van der Waals surface area (Å²) >= 11 is 0. The van der Waals surface area contributed by atoms with Crippen LogP contribution in [0.15, 0.2) is 71.3 Å². The van der Waals surface area contributed by atoms with Gasteiger partial charge in [0.1, 0.15) is 5.75 Å². The molecule has 1 unspecified atom stereocenters. The third-order valence-electron chi connectivity index (χ3n) is 4.74. The fourth-order valence-corrected chi connectivity index (χ4v) is 3.19. The summed E-state index contributed by atoms with van der Waals surface area (Å²) in [5.41, 5.74) is 0.0600. The molecule has 0 aliphatic heterocycles. The van der Waals surface area contributed by atoms with Crippen LogP contribution in [0, 0.1) is 0 Å². The van der Waals surface area contributed by atoms with Crippen LogP contribution in [-0.2, 0) is 11.0 Å². The molecule has 1 heterocycles. The van der Waals surface area contributed by atoms with Gasteiger partial charge in [0.05, 0.1) is 17.9 Å². The average molecular weight is 460 g/mol. The normalized spacial score (nSPS) is 12.1. The Morgan fingerprint density at radius 1 is 1.06 bits per heavy atom. The van der Waals surface area contributed by atoms with Gasteiger partial charge in [0.15, 0.2) is 12.4 Å². The molecular weight excluding hydrogens is 437 g/mol. The minimum Gasteiger partial charge on any atom is -0.484 e. The zero-order valence-electron chi connectivity index (χ0n) is 17.8. The van der Waals surface area contributed by atoms with Gasteiger partial charge < -0.3 is 19.8 Å². The van der Waals surface area contributed by atoms with E-state index in [4.69, 9.17) is 9.15 Å². The van der Waals surface area contributed by atoms with Gasteiger partial charge >= 0.3 is 6.18 Å². The van der Waals surface area contributed by atoms with Crippen LogP contribution in [0.3, 0.4) is 0 Å². The Bertz CT molecular complexity index is 1080. The summed E-state index contributed by atoms with van der Waals surface area (Å²) in [4.78, 5) is 24.5. The summed E-state index contributed by atoms with van der Waals surface area (Å²) < 4.78 is 49.7. The molecule has 1 aromatic heterocycles. The second-order valence-corrected chi connectivity index (χ2v) is 7.28. The Hall–Kier alpha value is -3.75. The van der Waals surface area contributed by atoms with Crippen molar-refractivity contribution < 1.29 is 31.9 Å². The third kappa shape index (κ3) is 6.86. The van der Waals surface area contributed by atoms with Crippen LogP contribution in [-0.4, -0.2) is 18.4 Å². The molecule has 3 aromatic rings. The minimum atomic E-state index is -4.46. The largest absolute Gasteiger partial charge is 0.484 e. The second kappa shape index (κ2) is 10.7. The van der Waals surface area contributed by atoms with Crippen LogP contribution in [0.5, 0.6) is 5.75 Å². The molecule has 0 aliphatic carbocycles. The summed E-state index contributed by atoms with van der Waals surface area (Å²) in [5, 5.41) is 5.39. The van der Waals surface area contributed by atoms with E-state index >= 15 is 0 Å². The van der Waals surface area contributed by atoms with Gasteiger partial charge in [0.2, 0.25) is 0 Å². The van der Waals surface area contributed by atoms with E-state index in [1.165, 1.54) is 18.4 Å². The number of ether oxygens (including phenoxy) is 1. The zero-order chi connectivity index (χ0) is 23.8. The molecular formula is C24H23F3N2O4. The lowest BCUT2D eigenvalue weighted by molar-refractivity contribution is -0.137. The first-order chi connectivity index (χ1) is 15.8. The number of halogens is 3. The van der Waals surface area contributed by atoms with Crippen LogP contribution in [0.1, 0.15) is 47.5 Å². The quantitative estimate of drug-likeness (QED) is 0.436. The molecule has 0 radical (unpaired) electrons. The van der Waals surface area contributed by atoms with Gasteiger partial charge in [-0.25, -0.2) is 0 Å². The fraction of sp³-hybridized carbons (Fsp3) is 0.250. The summed E-state index contributed by atoms with van der Waals surface area (Å²) in [6.07, 6.45) is -1.93. The first-order valence-electron chi connectivity index (χ1n) is 10.3. The van der Waals surface area contributed by atoms with Crippen molar-refractivity contribution in [2.75, 3.05) is 11.9 Å². The highest BCUT2D eigenvalue weighted by Crippen LogP contribution is 2.31. The van der Waals surface area contributed by atoms with Gasteiger partial charge in [-0.15, -0.1) is 0 Å². The maximum atomic E-state index is 13.0. The van der Waals surface area contributed by atoms with Gasteiger partial charge in [-0.1, -0.05) is 31.5 Å². The number of hydrogen-bond acceptors (Lipinski definition) is 4. The van der Waals surface area contributed by atoms with E-state index < -0.39 is 29.6 Å². The summed E-state index contributed by atoms with van der Waals surface area (Å²) in [6.45, 7) is 1.54. The van der Waals surface area contributed by atoms with Crippen LogP contribution in [0.4, 0.5) is 18.9 Å². The van der Waals surface area contributed by atoms with Crippen molar-refractivity contribution in [3.8, 4) is 5.75 Å². The molecule has 174 valence electrons. The smallest absolute Gasteiger partial charge is 0.416 e. The number of amides is 2. The van der Waals surface area contributed by atoms with Gasteiger partial charge in [0.25, 0.3) is 11.8 Å². The van der Waals surface area contributed by atoms with Crippen LogP contribution < -0.4 is 15.4 Å². The van der Waals surface area contributed by atoms with Crippen molar-refractivity contribution >= 4 is 17.5 Å². The maximum Gasteiger partial charge on any atom is 0.416 e. The molecule has 0 saturated carbocycles. The monoisotopic (exact) mass is 460 g/mol. The number of benzene rings is 2. The molecule has 0 bridgehead atoms. The Morgan fingerprint density at radius 3 is 2.55 bits per heavy atom. The number of carbonyl (C=O) groups excluding carboxylic acids is 2. The van der Waals surface area contributed by atoms with Crippen LogP contribution in [0.2, 0.25) is 0 Å². The highest BCUT2D eigenvalue weighted by atomic mass is 19.4. The first-order valence-corrected chi connectivity index (χ1v) is 10.3. The standard InChI is InChI=1S/C24H23F3N2O4/c1-2-6-20(16-7-3-8-17(13-16)24(25,26)27)29-22(30)15-33-19-10-4-9-18(14-19)28-23(31)21-11-5-12-32-21/h3-5,7-14,20H,2,6,15H2,1H3,(H,28,31)(H,29,30). The zero-order valence-corrected chi connectivity index (χ0v) is 17.8. The van der Waals surface area contributed by atoms with Crippen molar-refractivity contribution in [3.63, 3.8) is 0 Å². The van der Waals surface area contributed by atoms with E-state index in [-0.39, 0.29) is 12.4 Å². The van der Waals surface area contributed by atoms with Crippen LogP contribution >= 0.6 is 0 Å². The van der Waals surface area contributed by atoms with Crippen molar-refractivity contribution in [3.05, 3.63) is 83.8 Å². The van der Waals surface area contributed by atoms with E-state index in [0.29, 0.717) is 29.8 Å². The molecule has 1 atom stereocenters. The first kappa shape index (κ1) is 23.9. The Labute approximate surface area is 188 Å². The van der Waals surface area contributed by atoms with Gasteiger partial charge in [0, 0.05) is 11.8 Å². The number of nitrogens with one attached hydrogen (secondary N) is 2. The number of hydrogen-bond donors (Lipinski definition) is 2. The van der Waals surface area contributed by atoms with E-state index in [0.717, 1.165) is 12.1 Å². The fourth-order valence-electron chi connectivity index (χ4n) is 3.19. The average Bonchev–Trinajstić information content (AvgIpc) is 3.32. The lowest BCUT2D eigenvalue weighted by atomic mass is 10.00.